The Morgan fingerprint density at radius 1 is 1.35 bits per heavy atom. The van der Waals surface area contributed by atoms with Crippen LogP contribution >= 0.6 is 12.3 Å². The van der Waals surface area contributed by atoms with Crippen LogP contribution in [-0.4, -0.2) is 41.9 Å². The Labute approximate surface area is 106 Å². The Hall–Kier alpha value is -0.460. The van der Waals surface area contributed by atoms with E-state index in [9.17, 15) is 4.79 Å². The average Bonchev–Trinajstić information content (AvgIpc) is 2.65. The number of hydrogen-bond donors (Lipinski definition) is 0. The van der Waals surface area contributed by atoms with Crippen molar-refractivity contribution in [3.05, 3.63) is 0 Å². The lowest BCUT2D eigenvalue weighted by atomic mass is 9.93. The summed E-state index contributed by atoms with van der Waals surface area (Å²) in [6, 6.07) is 0. The van der Waals surface area contributed by atoms with Gasteiger partial charge in [0.05, 0.1) is 6.61 Å². The molecule has 0 saturated carbocycles. The summed E-state index contributed by atoms with van der Waals surface area (Å²) in [5.41, 5.74) is -0.627. The molecule has 1 spiro atoms. The first-order chi connectivity index (χ1) is 7.90. The zero-order chi connectivity index (χ0) is 12.5. The van der Waals surface area contributed by atoms with Gasteiger partial charge in [-0.25, -0.2) is 4.79 Å². The largest absolute Gasteiger partial charge is 0.444 e. The van der Waals surface area contributed by atoms with Crippen LogP contribution in [0.2, 0.25) is 0 Å². The maximum absolute atomic E-state index is 11.8. The van der Waals surface area contributed by atoms with Gasteiger partial charge in [-0.05, 0) is 33.6 Å². The third kappa shape index (κ3) is 3.26. The molecule has 2 aliphatic heterocycles. The molecule has 0 aliphatic carbocycles. The van der Waals surface area contributed by atoms with Gasteiger partial charge in [-0.2, -0.15) is 0 Å². The summed E-state index contributed by atoms with van der Waals surface area (Å²) >= 11 is 1.06. The van der Waals surface area contributed by atoms with E-state index in [1.807, 2.05) is 20.8 Å². The second-order valence-corrected chi connectivity index (χ2v) is 6.10. The van der Waals surface area contributed by atoms with Gasteiger partial charge < -0.3 is 9.64 Å². The standard InChI is InChI=1S/C11H19NO4S/c1-10(2,3)15-9(13)12-6-4-11(5-7-12)8-14-17-16-11/h4-8H2,1-3H3. The van der Waals surface area contributed by atoms with Gasteiger partial charge in [-0.15, -0.1) is 0 Å². The molecule has 0 unspecified atom stereocenters. The van der Waals surface area contributed by atoms with Gasteiger partial charge in [-0.1, -0.05) is 0 Å². The van der Waals surface area contributed by atoms with E-state index in [4.69, 9.17) is 13.1 Å². The van der Waals surface area contributed by atoms with Gasteiger partial charge in [0.1, 0.15) is 11.2 Å². The molecule has 0 radical (unpaired) electrons. The SMILES string of the molecule is CC(C)(C)OC(=O)N1CCC2(CC1)COSO2. The quantitative estimate of drug-likeness (QED) is 0.626. The van der Waals surface area contributed by atoms with E-state index in [0.29, 0.717) is 19.7 Å². The van der Waals surface area contributed by atoms with Crippen LogP contribution in [0.15, 0.2) is 0 Å². The second kappa shape index (κ2) is 4.66. The Balaban J connectivity index is 1.84. The first-order valence-electron chi connectivity index (χ1n) is 5.86. The minimum Gasteiger partial charge on any atom is -0.444 e. The van der Waals surface area contributed by atoms with Crippen molar-refractivity contribution >= 4 is 18.4 Å². The van der Waals surface area contributed by atoms with Crippen LogP contribution in [0.3, 0.4) is 0 Å². The molecule has 0 aromatic rings. The predicted molar refractivity (Wildman–Crippen MR) is 64.4 cm³/mol. The third-order valence-electron chi connectivity index (χ3n) is 2.91. The summed E-state index contributed by atoms with van der Waals surface area (Å²) in [7, 11) is 0. The van der Waals surface area contributed by atoms with E-state index < -0.39 is 5.60 Å². The number of rotatable bonds is 0. The fraction of sp³-hybridized carbons (Fsp3) is 0.909. The molecule has 2 fully saturated rings. The highest BCUT2D eigenvalue weighted by molar-refractivity contribution is 7.90. The van der Waals surface area contributed by atoms with Crippen LogP contribution < -0.4 is 0 Å². The summed E-state index contributed by atoms with van der Waals surface area (Å²) in [4.78, 5) is 13.6. The van der Waals surface area contributed by atoms with Gasteiger partial charge in [-0.3, -0.25) is 8.37 Å². The molecule has 2 aliphatic rings. The van der Waals surface area contributed by atoms with E-state index in [-0.39, 0.29) is 11.7 Å². The lowest BCUT2D eigenvalue weighted by molar-refractivity contribution is -0.00776. The molecule has 2 rings (SSSR count). The average molecular weight is 261 g/mol. The van der Waals surface area contributed by atoms with Crippen LogP contribution in [0, 0.1) is 0 Å². The fourth-order valence-electron chi connectivity index (χ4n) is 1.90. The van der Waals surface area contributed by atoms with E-state index in [2.05, 4.69) is 0 Å². The topological polar surface area (TPSA) is 48.0 Å². The van der Waals surface area contributed by atoms with Crippen LogP contribution in [0.5, 0.6) is 0 Å². The molecular weight excluding hydrogens is 242 g/mol. The third-order valence-corrected chi connectivity index (χ3v) is 3.54. The Kier molecular flexibility index (Phi) is 3.56. The van der Waals surface area contributed by atoms with Crippen LogP contribution in [0.1, 0.15) is 33.6 Å². The maximum atomic E-state index is 11.8. The molecule has 5 nitrogen and oxygen atoms in total. The normalized spacial score (nSPS) is 24.1. The van der Waals surface area contributed by atoms with Gasteiger partial charge in [0.2, 0.25) is 0 Å². The minimum absolute atomic E-state index is 0.191. The highest BCUT2D eigenvalue weighted by Gasteiger charge is 2.42. The van der Waals surface area contributed by atoms with Crippen LogP contribution in [0.25, 0.3) is 0 Å². The number of ether oxygens (including phenoxy) is 1. The van der Waals surface area contributed by atoms with Crippen molar-refractivity contribution in [2.75, 3.05) is 19.7 Å². The highest BCUT2D eigenvalue weighted by atomic mass is 32.2. The maximum Gasteiger partial charge on any atom is 0.410 e. The summed E-state index contributed by atoms with van der Waals surface area (Å²) in [5, 5.41) is 0. The van der Waals surface area contributed by atoms with E-state index in [0.717, 1.165) is 25.2 Å². The molecule has 0 N–H and O–H groups in total. The summed E-state index contributed by atoms with van der Waals surface area (Å²) < 4.78 is 16.0. The smallest absolute Gasteiger partial charge is 0.410 e. The molecule has 2 saturated heterocycles. The van der Waals surface area contributed by atoms with Crippen LogP contribution in [0.4, 0.5) is 4.79 Å². The molecule has 0 aromatic carbocycles. The highest BCUT2D eigenvalue weighted by Crippen LogP contribution is 2.37. The Bertz CT molecular complexity index is 286. The van der Waals surface area contributed by atoms with Crippen molar-refractivity contribution in [2.24, 2.45) is 0 Å². The molecule has 2 heterocycles. The Morgan fingerprint density at radius 2 is 2.00 bits per heavy atom. The number of likely N-dealkylation sites (tertiary alicyclic amines) is 1. The first kappa shape index (κ1) is 13.0. The second-order valence-electron chi connectivity index (χ2n) is 5.56. The molecule has 0 aromatic heterocycles. The van der Waals surface area contributed by atoms with Crippen molar-refractivity contribution in [3.63, 3.8) is 0 Å². The zero-order valence-corrected chi connectivity index (χ0v) is 11.3. The van der Waals surface area contributed by atoms with Gasteiger partial charge in [0.25, 0.3) is 0 Å². The Morgan fingerprint density at radius 3 is 2.47 bits per heavy atom. The number of hydrogen-bond acceptors (Lipinski definition) is 5. The minimum atomic E-state index is -0.435. The number of amides is 1. The van der Waals surface area contributed by atoms with Crippen molar-refractivity contribution in [3.8, 4) is 0 Å². The fourth-order valence-corrected chi connectivity index (χ4v) is 2.57. The van der Waals surface area contributed by atoms with Crippen molar-refractivity contribution in [1.29, 1.82) is 0 Å². The summed E-state index contributed by atoms with van der Waals surface area (Å²) in [6.45, 7) is 7.57. The van der Waals surface area contributed by atoms with Gasteiger partial charge in [0.15, 0.2) is 12.3 Å². The van der Waals surface area contributed by atoms with Gasteiger partial charge in [0, 0.05) is 13.1 Å². The molecule has 17 heavy (non-hydrogen) atoms. The molecule has 98 valence electrons. The molecule has 0 bridgehead atoms. The number of nitrogens with zero attached hydrogens (tertiary/aromatic N) is 1. The van der Waals surface area contributed by atoms with E-state index in [1.54, 1.807) is 4.90 Å². The lowest BCUT2D eigenvalue weighted by Gasteiger charge is -2.37. The molecule has 1 amide bonds. The van der Waals surface area contributed by atoms with Crippen molar-refractivity contribution in [1.82, 2.24) is 4.90 Å². The first-order valence-corrected chi connectivity index (χ1v) is 6.52. The molecular formula is C11H19NO4S. The monoisotopic (exact) mass is 261 g/mol. The van der Waals surface area contributed by atoms with E-state index >= 15 is 0 Å². The van der Waals surface area contributed by atoms with Crippen molar-refractivity contribution < 1.29 is 17.9 Å². The zero-order valence-electron chi connectivity index (χ0n) is 10.5. The number of carbonyl (C=O) groups is 1. The summed E-state index contributed by atoms with van der Waals surface area (Å²) in [5.74, 6) is 0. The number of piperidine rings is 1. The van der Waals surface area contributed by atoms with Crippen molar-refractivity contribution in [2.45, 2.75) is 44.8 Å². The lowest BCUT2D eigenvalue weighted by Crippen LogP contribution is -2.48. The van der Waals surface area contributed by atoms with Crippen LogP contribution in [-0.2, 0) is 13.1 Å². The van der Waals surface area contributed by atoms with E-state index in [1.165, 1.54) is 0 Å². The molecule has 0 atom stereocenters. The summed E-state index contributed by atoms with van der Waals surface area (Å²) in [6.07, 6.45) is 1.37. The predicted octanol–water partition coefficient (Wildman–Crippen LogP) is 2.37. The number of carbonyl (C=O) groups excluding carboxylic acids is 1. The van der Waals surface area contributed by atoms with Gasteiger partial charge >= 0.3 is 6.09 Å². The molecule has 6 heteroatoms.